The Kier molecular flexibility index (Phi) is 6.11. The summed E-state index contributed by atoms with van der Waals surface area (Å²) in [5, 5.41) is 11.4. The maximum Gasteiger partial charge on any atom is 0.270 e. The van der Waals surface area contributed by atoms with Crippen LogP contribution in [0.5, 0.6) is 5.75 Å². The lowest BCUT2D eigenvalue weighted by Crippen LogP contribution is -2.36. The fraction of sp³-hybridized carbons (Fsp3) is 0.458. The van der Waals surface area contributed by atoms with Crippen LogP contribution in [0.25, 0.3) is 0 Å². The summed E-state index contributed by atoms with van der Waals surface area (Å²) in [6, 6.07) is 12.7. The van der Waals surface area contributed by atoms with Crippen molar-refractivity contribution in [1.29, 1.82) is 0 Å². The summed E-state index contributed by atoms with van der Waals surface area (Å²) in [7, 11) is 1.64. The Bertz CT molecular complexity index is 952. The highest BCUT2D eigenvalue weighted by Crippen LogP contribution is 2.33. The van der Waals surface area contributed by atoms with E-state index in [0.29, 0.717) is 24.6 Å². The quantitative estimate of drug-likeness (QED) is 0.524. The van der Waals surface area contributed by atoms with E-state index in [4.69, 9.17) is 4.74 Å². The van der Waals surface area contributed by atoms with Crippen molar-refractivity contribution in [2.45, 2.75) is 32.1 Å². The van der Waals surface area contributed by atoms with Crippen molar-refractivity contribution in [3.8, 4) is 5.75 Å². The molecule has 0 bridgehead atoms. The van der Waals surface area contributed by atoms with Crippen LogP contribution in [0.3, 0.4) is 0 Å². The summed E-state index contributed by atoms with van der Waals surface area (Å²) >= 11 is 0. The summed E-state index contributed by atoms with van der Waals surface area (Å²) in [5.41, 5.74) is 2.40. The first-order chi connectivity index (χ1) is 15.0. The molecule has 0 spiro atoms. The number of benzene rings is 2. The molecule has 2 heterocycles. The molecule has 7 nitrogen and oxygen atoms in total. The van der Waals surface area contributed by atoms with Crippen LogP contribution >= 0.6 is 0 Å². The molecule has 0 saturated carbocycles. The first-order valence-corrected chi connectivity index (χ1v) is 10.9. The van der Waals surface area contributed by atoms with Gasteiger partial charge in [0.25, 0.3) is 11.6 Å². The Labute approximate surface area is 182 Å². The summed E-state index contributed by atoms with van der Waals surface area (Å²) < 4.78 is 5.23. The topological polar surface area (TPSA) is 75.9 Å². The third kappa shape index (κ3) is 4.50. The fourth-order valence-electron chi connectivity index (χ4n) is 4.60. The first-order valence-electron chi connectivity index (χ1n) is 10.9. The highest BCUT2D eigenvalue weighted by Gasteiger charge is 2.31. The van der Waals surface area contributed by atoms with Gasteiger partial charge >= 0.3 is 0 Å². The number of amides is 1. The predicted octanol–water partition coefficient (Wildman–Crippen LogP) is 4.47. The summed E-state index contributed by atoms with van der Waals surface area (Å²) in [6.07, 6.45) is 3.01. The Morgan fingerprint density at radius 2 is 1.77 bits per heavy atom. The van der Waals surface area contributed by atoms with Crippen LogP contribution in [0.2, 0.25) is 0 Å². The SMILES string of the molecule is COc1ccc(C2CCN(C(=O)c3cc([N+](=O)[O-])ccc3N3CCC(C)CC3)C2)cc1. The highest BCUT2D eigenvalue weighted by molar-refractivity contribution is 6.00. The zero-order chi connectivity index (χ0) is 22.0. The molecule has 2 aliphatic heterocycles. The minimum Gasteiger partial charge on any atom is -0.497 e. The van der Waals surface area contributed by atoms with Gasteiger partial charge in [0.2, 0.25) is 0 Å². The Hall–Kier alpha value is -3.09. The molecule has 1 unspecified atom stereocenters. The van der Waals surface area contributed by atoms with Gasteiger partial charge in [-0.3, -0.25) is 14.9 Å². The minimum atomic E-state index is -0.428. The van der Waals surface area contributed by atoms with Gasteiger partial charge in [0.15, 0.2) is 0 Å². The number of piperidine rings is 1. The summed E-state index contributed by atoms with van der Waals surface area (Å²) in [5.74, 6) is 1.62. The smallest absolute Gasteiger partial charge is 0.270 e. The van der Waals surface area contributed by atoms with Crippen molar-refractivity contribution in [3.63, 3.8) is 0 Å². The molecule has 2 saturated heterocycles. The normalized spacial score (nSPS) is 19.5. The van der Waals surface area contributed by atoms with E-state index in [9.17, 15) is 14.9 Å². The molecule has 31 heavy (non-hydrogen) atoms. The van der Waals surface area contributed by atoms with E-state index in [1.807, 2.05) is 29.2 Å². The zero-order valence-corrected chi connectivity index (χ0v) is 18.1. The van der Waals surface area contributed by atoms with Crippen molar-refractivity contribution in [1.82, 2.24) is 4.90 Å². The van der Waals surface area contributed by atoms with E-state index < -0.39 is 4.92 Å². The number of hydrogen-bond donors (Lipinski definition) is 0. The van der Waals surface area contributed by atoms with Crippen molar-refractivity contribution < 1.29 is 14.5 Å². The summed E-state index contributed by atoms with van der Waals surface area (Å²) in [4.78, 5) is 28.5. The van der Waals surface area contributed by atoms with Gasteiger partial charge < -0.3 is 14.5 Å². The molecule has 0 aliphatic carbocycles. The van der Waals surface area contributed by atoms with Crippen molar-refractivity contribution in [2.24, 2.45) is 5.92 Å². The molecule has 2 aromatic rings. The van der Waals surface area contributed by atoms with Gasteiger partial charge in [0, 0.05) is 44.2 Å². The van der Waals surface area contributed by atoms with E-state index in [-0.39, 0.29) is 17.5 Å². The number of methoxy groups -OCH3 is 1. The molecule has 164 valence electrons. The van der Waals surface area contributed by atoms with Gasteiger partial charge in [0.1, 0.15) is 5.75 Å². The predicted molar refractivity (Wildman–Crippen MR) is 120 cm³/mol. The molecule has 4 rings (SSSR count). The van der Waals surface area contributed by atoms with Gasteiger partial charge in [-0.1, -0.05) is 19.1 Å². The second kappa shape index (κ2) is 8.96. The minimum absolute atomic E-state index is 0.0385. The molecular weight excluding hydrogens is 394 g/mol. The van der Waals surface area contributed by atoms with Gasteiger partial charge in [-0.05, 0) is 48.9 Å². The Morgan fingerprint density at radius 3 is 2.42 bits per heavy atom. The molecule has 0 N–H and O–H groups in total. The molecule has 2 aromatic carbocycles. The number of likely N-dealkylation sites (tertiary alicyclic amines) is 1. The van der Waals surface area contributed by atoms with Crippen LogP contribution in [-0.2, 0) is 0 Å². The number of rotatable bonds is 5. The third-order valence-corrected chi connectivity index (χ3v) is 6.61. The fourth-order valence-corrected chi connectivity index (χ4v) is 4.60. The number of carbonyl (C=O) groups excluding carboxylic acids is 1. The number of hydrogen-bond acceptors (Lipinski definition) is 5. The number of non-ortho nitro benzene ring substituents is 1. The first kappa shape index (κ1) is 21.2. The lowest BCUT2D eigenvalue weighted by atomic mass is 9.97. The number of carbonyl (C=O) groups is 1. The number of nitro groups is 1. The summed E-state index contributed by atoms with van der Waals surface area (Å²) in [6.45, 7) is 5.24. The number of ether oxygens (including phenoxy) is 1. The zero-order valence-electron chi connectivity index (χ0n) is 18.1. The van der Waals surface area contributed by atoms with Crippen molar-refractivity contribution in [2.75, 3.05) is 38.2 Å². The average molecular weight is 424 g/mol. The monoisotopic (exact) mass is 423 g/mol. The number of nitrogens with zero attached hydrogens (tertiary/aromatic N) is 3. The van der Waals surface area contributed by atoms with Crippen molar-refractivity contribution in [3.05, 3.63) is 63.7 Å². The van der Waals surface area contributed by atoms with Crippen molar-refractivity contribution >= 4 is 17.3 Å². The van der Waals surface area contributed by atoms with Crippen LogP contribution < -0.4 is 9.64 Å². The lowest BCUT2D eigenvalue weighted by Gasteiger charge is -2.33. The third-order valence-electron chi connectivity index (χ3n) is 6.61. The van der Waals surface area contributed by atoms with Gasteiger partial charge in [-0.15, -0.1) is 0 Å². The van der Waals surface area contributed by atoms with Crippen LogP contribution in [0.4, 0.5) is 11.4 Å². The van der Waals surface area contributed by atoms with E-state index >= 15 is 0 Å². The standard InChI is InChI=1S/C24H29N3O4/c1-17-9-12-25(13-10-17)23-8-5-20(27(29)30)15-22(23)24(28)26-14-11-19(16-26)18-3-6-21(31-2)7-4-18/h3-8,15,17,19H,9-14,16H2,1-2H3. The lowest BCUT2D eigenvalue weighted by molar-refractivity contribution is -0.384. The maximum atomic E-state index is 13.5. The largest absolute Gasteiger partial charge is 0.497 e. The van der Waals surface area contributed by atoms with E-state index in [1.165, 1.54) is 17.7 Å². The second-order valence-corrected chi connectivity index (χ2v) is 8.64. The van der Waals surface area contributed by atoms with E-state index in [2.05, 4.69) is 11.8 Å². The van der Waals surface area contributed by atoms with E-state index in [1.54, 1.807) is 13.2 Å². The molecule has 7 heteroatoms. The molecule has 1 atom stereocenters. The number of nitro benzene ring substituents is 1. The molecular formula is C24H29N3O4. The molecule has 0 aromatic heterocycles. The Morgan fingerprint density at radius 1 is 1.06 bits per heavy atom. The van der Waals surface area contributed by atoms with Gasteiger partial charge in [-0.25, -0.2) is 0 Å². The molecule has 1 amide bonds. The average Bonchev–Trinajstić information content (AvgIpc) is 3.29. The second-order valence-electron chi connectivity index (χ2n) is 8.64. The van der Waals surface area contributed by atoms with Crippen LogP contribution in [-0.4, -0.2) is 49.0 Å². The Balaban J connectivity index is 1.56. The highest BCUT2D eigenvalue weighted by atomic mass is 16.6. The molecule has 0 radical (unpaired) electrons. The van der Waals surface area contributed by atoms with E-state index in [0.717, 1.165) is 43.8 Å². The van der Waals surface area contributed by atoms with Crippen LogP contribution in [0, 0.1) is 16.0 Å². The van der Waals surface area contributed by atoms with Gasteiger partial charge in [-0.2, -0.15) is 0 Å². The van der Waals surface area contributed by atoms with Gasteiger partial charge in [0.05, 0.1) is 23.3 Å². The number of anilines is 1. The molecule has 2 fully saturated rings. The van der Waals surface area contributed by atoms with Crippen LogP contribution in [0.1, 0.15) is 48.0 Å². The maximum absolute atomic E-state index is 13.5. The molecule has 2 aliphatic rings. The van der Waals surface area contributed by atoms with Crippen LogP contribution in [0.15, 0.2) is 42.5 Å².